The fourth-order valence-electron chi connectivity index (χ4n) is 2.96. The van der Waals surface area contributed by atoms with Crippen molar-refractivity contribution < 1.29 is 0 Å². The molecule has 1 aliphatic rings. The third-order valence-corrected chi connectivity index (χ3v) is 5.80. The van der Waals surface area contributed by atoms with E-state index < -0.39 is 14.1 Å². The van der Waals surface area contributed by atoms with Gasteiger partial charge in [0.05, 0.1) is 0 Å². The largest absolute Gasteiger partial charge is 0.271 e. The summed E-state index contributed by atoms with van der Waals surface area (Å²) in [4.78, 5) is 0. The summed E-state index contributed by atoms with van der Waals surface area (Å²) in [5.74, 6) is 4.90. The van der Waals surface area contributed by atoms with Crippen molar-refractivity contribution in [3.05, 3.63) is 71.3 Å². The smallest absolute Gasteiger partial charge is 0.105 e. The molecule has 0 aromatic heterocycles. The molecular formula is C17H17Al. The van der Waals surface area contributed by atoms with Gasteiger partial charge in [0.25, 0.3) is 14.1 Å². The molecule has 0 fully saturated rings. The maximum atomic E-state index is 2.45. The van der Waals surface area contributed by atoms with E-state index in [4.69, 9.17) is 0 Å². The molecule has 0 saturated carbocycles. The minimum absolute atomic E-state index is 0.670. The average molecular weight is 248 g/mol. The molecule has 0 bridgehead atoms. The quantitative estimate of drug-likeness (QED) is 0.680. The Bertz CT molecular complexity index is 582. The summed E-state index contributed by atoms with van der Waals surface area (Å²) >= 11 is -0.756. The van der Waals surface area contributed by atoms with Crippen molar-refractivity contribution >= 4 is 25.8 Å². The molecule has 0 aliphatic heterocycles. The van der Waals surface area contributed by atoms with Crippen molar-refractivity contribution in [2.45, 2.75) is 16.4 Å². The van der Waals surface area contributed by atoms with E-state index in [0.29, 0.717) is 4.78 Å². The van der Waals surface area contributed by atoms with Crippen molar-refractivity contribution in [1.29, 1.82) is 0 Å². The standard InChI is InChI=1S/C15H11.2CH3.Al/c1-2-6-12(7-3-1)15-10-13-8-4-5-9-14(13)11-15;;;/h1-11H;2*1H3;. The predicted molar refractivity (Wildman–Crippen MR) is 81.0 cm³/mol. The van der Waals surface area contributed by atoms with Gasteiger partial charge in [0.2, 0.25) is 0 Å². The van der Waals surface area contributed by atoms with Gasteiger partial charge < -0.3 is 0 Å². The van der Waals surface area contributed by atoms with Gasteiger partial charge in [-0.3, -0.25) is 0 Å². The van der Waals surface area contributed by atoms with E-state index in [1.165, 1.54) is 22.3 Å². The Labute approximate surface area is 113 Å². The molecule has 1 unspecified atom stereocenters. The summed E-state index contributed by atoms with van der Waals surface area (Å²) in [6.07, 6.45) is 2.39. The Morgan fingerprint density at radius 3 is 2.22 bits per heavy atom. The molecule has 1 atom stereocenters. The Morgan fingerprint density at radius 2 is 1.50 bits per heavy atom. The van der Waals surface area contributed by atoms with Gasteiger partial charge in [0.15, 0.2) is 0 Å². The molecule has 1 aliphatic carbocycles. The molecular weight excluding hydrogens is 231 g/mol. The van der Waals surface area contributed by atoms with Gasteiger partial charge in [-0.05, 0) is 27.0 Å². The third kappa shape index (κ3) is 1.95. The van der Waals surface area contributed by atoms with Crippen LogP contribution in [0.4, 0.5) is 0 Å². The lowest BCUT2D eigenvalue weighted by atomic mass is 10.0. The van der Waals surface area contributed by atoms with E-state index in [9.17, 15) is 0 Å². The molecule has 0 spiro atoms. The Balaban J connectivity index is 2.12. The van der Waals surface area contributed by atoms with E-state index in [0.717, 1.165) is 0 Å². The van der Waals surface area contributed by atoms with Gasteiger partial charge >= 0.3 is 0 Å². The number of rotatable bonds is 2. The van der Waals surface area contributed by atoms with Crippen molar-refractivity contribution in [3.63, 3.8) is 0 Å². The predicted octanol–water partition coefficient (Wildman–Crippen LogP) is 4.62. The monoisotopic (exact) mass is 248 g/mol. The molecule has 0 nitrogen and oxygen atoms in total. The molecule has 0 heterocycles. The summed E-state index contributed by atoms with van der Waals surface area (Å²) in [7, 11) is 0. The van der Waals surface area contributed by atoms with Gasteiger partial charge in [-0.2, -0.15) is 0 Å². The van der Waals surface area contributed by atoms with Crippen LogP contribution in [0.1, 0.15) is 21.5 Å². The number of benzene rings is 2. The minimum atomic E-state index is -0.756. The lowest BCUT2D eigenvalue weighted by molar-refractivity contribution is 1.21. The second-order valence-electron chi connectivity index (χ2n) is 5.32. The van der Waals surface area contributed by atoms with Crippen LogP contribution in [0.15, 0.2) is 54.6 Å². The second kappa shape index (κ2) is 4.77. The zero-order valence-electron chi connectivity index (χ0n) is 10.9. The normalized spacial score (nSPS) is 17.2. The van der Waals surface area contributed by atoms with Crippen molar-refractivity contribution in [3.8, 4) is 0 Å². The molecule has 2 aromatic rings. The first-order valence-electron chi connectivity index (χ1n) is 6.63. The molecule has 0 amide bonds. The average Bonchev–Trinajstić information content (AvgIpc) is 2.79. The van der Waals surface area contributed by atoms with E-state index >= 15 is 0 Å². The highest BCUT2D eigenvalue weighted by atomic mass is 27.2. The molecule has 88 valence electrons. The van der Waals surface area contributed by atoms with Gasteiger partial charge in [0, 0.05) is 0 Å². The second-order valence-corrected chi connectivity index (χ2v) is 8.47. The van der Waals surface area contributed by atoms with Crippen LogP contribution in [0.25, 0.3) is 11.6 Å². The fourth-order valence-corrected chi connectivity index (χ4v) is 4.99. The molecule has 0 radical (unpaired) electrons. The Morgan fingerprint density at radius 1 is 0.833 bits per heavy atom. The highest BCUT2D eigenvalue weighted by molar-refractivity contribution is 6.60. The van der Waals surface area contributed by atoms with E-state index in [2.05, 4.69) is 72.2 Å². The first-order chi connectivity index (χ1) is 8.77. The fraction of sp³-hybridized carbons (Fsp3) is 0.176. The van der Waals surface area contributed by atoms with Crippen LogP contribution in [0.2, 0.25) is 11.6 Å². The summed E-state index contributed by atoms with van der Waals surface area (Å²) in [6.45, 7) is 0. The molecule has 0 N–H and O–H groups in total. The van der Waals surface area contributed by atoms with Crippen molar-refractivity contribution in [1.82, 2.24) is 0 Å². The summed E-state index contributed by atoms with van der Waals surface area (Å²) in [5, 5.41) is 0. The molecule has 0 saturated heterocycles. The Hall–Kier alpha value is -1.29. The summed E-state index contributed by atoms with van der Waals surface area (Å²) < 4.78 is 0.670. The maximum Gasteiger partial charge on any atom is 0.271 e. The van der Waals surface area contributed by atoms with Gasteiger partial charge in [-0.25, -0.2) is 0 Å². The van der Waals surface area contributed by atoms with Crippen LogP contribution < -0.4 is 0 Å². The highest BCUT2D eigenvalue weighted by Crippen LogP contribution is 2.43. The summed E-state index contributed by atoms with van der Waals surface area (Å²) in [5.41, 5.74) is 5.87. The van der Waals surface area contributed by atoms with Crippen LogP contribution >= 0.6 is 0 Å². The number of hydrogen-bond donors (Lipinski definition) is 0. The lowest BCUT2D eigenvalue weighted by Crippen LogP contribution is -2.15. The zero-order valence-corrected chi connectivity index (χ0v) is 12.1. The molecule has 3 rings (SSSR count). The molecule has 18 heavy (non-hydrogen) atoms. The van der Waals surface area contributed by atoms with Crippen molar-refractivity contribution in [2.24, 2.45) is 0 Å². The van der Waals surface area contributed by atoms with Crippen molar-refractivity contribution in [2.75, 3.05) is 0 Å². The van der Waals surface area contributed by atoms with Gasteiger partial charge in [-0.15, -0.1) is 11.6 Å². The molecule has 2 aromatic carbocycles. The molecule has 1 heteroatoms. The summed E-state index contributed by atoms with van der Waals surface area (Å²) in [6, 6.07) is 19.7. The van der Waals surface area contributed by atoms with E-state index in [1.807, 2.05) is 0 Å². The minimum Gasteiger partial charge on any atom is -0.105 e. The van der Waals surface area contributed by atoms with Crippen LogP contribution in [0, 0.1) is 0 Å². The van der Waals surface area contributed by atoms with E-state index in [1.54, 1.807) is 0 Å². The number of fused-ring (bicyclic) bond motifs is 1. The highest BCUT2D eigenvalue weighted by Gasteiger charge is 2.30. The zero-order chi connectivity index (χ0) is 12.5. The van der Waals surface area contributed by atoms with Crippen LogP contribution in [-0.2, 0) is 0 Å². The van der Waals surface area contributed by atoms with Gasteiger partial charge in [-0.1, -0.05) is 60.7 Å². The lowest BCUT2D eigenvalue weighted by Gasteiger charge is -2.18. The Kier molecular flexibility index (Phi) is 3.12. The maximum absolute atomic E-state index is 2.45. The van der Waals surface area contributed by atoms with Crippen LogP contribution in [0.3, 0.4) is 0 Å². The first kappa shape index (κ1) is 11.8. The topological polar surface area (TPSA) is 0 Å². The van der Waals surface area contributed by atoms with Gasteiger partial charge in [0.1, 0.15) is 0 Å². The number of allylic oxidation sites excluding steroid dienone is 1. The van der Waals surface area contributed by atoms with Crippen LogP contribution in [0.5, 0.6) is 0 Å². The first-order valence-corrected chi connectivity index (χ1v) is 9.61. The number of hydrogen-bond acceptors (Lipinski definition) is 0. The van der Waals surface area contributed by atoms with E-state index in [-0.39, 0.29) is 0 Å². The third-order valence-electron chi connectivity index (χ3n) is 3.75. The van der Waals surface area contributed by atoms with Crippen LogP contribution in [-0.4, -0.2) is 14.1 Å². The SMILES string of the molecule is [CH3][Al]([CH3])[CH]1C(c2ccccc2)=Cc2ccccc21.